The van der Waals surface area contributed by atoms with Crippen LogP contribution < -0.4 is 0 Å². The lowest BCUT2D eigenvalue weighted by molar-refractivity contribution is 0.649. The first-order chi connectivity index (χ1) is 7.93. The third kappa shape index (κ3) is 0.852. The summed E-state index contributed by atoms with van der Waals surface area (Å²) in [5, 5.41) is 1.07. The number of aromatic nitrogens is 2. The molecule has 1 aromatic carbocycles. The van der Waals surface area contributed by atoms with E-state index >= 15 is 0 Å². The summed E-state index contributed by atoms with van der Waals surface area (Å²) in [4.78, 5) is 4.57. The number of rotatable bonds is 0. The van der Waals surface area contributed by atoms with Crippen LogP contribution in [0.3, 0.4) is 0 Å². The van der Waals surface area contributed by atoms with Crippen molar-refractivity contribution in [3.63, 3.8) is 0 Å². The van der Waals surface area contributed by atoms with Gasteiger partial charge in [-0.2, -0.15) is 0 Å². The monoisotopic (exact) mass is 208 g/mol. The van der Waals surface area contributed by atoms with Gasteiger partial charge in [-0.25, -0.2) is 4.98 Å². The minimum Gasteiger partial charge on any atom is -0.437 e. The van der Waals surface area contributed by atoms with Gasteiger partial charge in [0.2, 0.25) is 5.71 Å². The van der Waals surface area contributed by atoms with Crippen LogP contribution >= 0.6 is 0 Å². The van der Waals surface area contributed by atoms with E-state index in [1.807, 2.05) is 53.1 Å². The molecule has 0 saturated heterocycles. The molecule has 0 amide bonds. The second-order valence-electron chi connectivity index (χ2n) is 3.79. The van der Waals surface area contributed by atoms with Gasteiger partial charge in [0.05, 0.1) is 0 Å². The normalized spacial score (nSPS) is 11.8. The van der Waals surface area contributed by atoms with Crippen molar-refractivity contribution in [1.29, 1.82) is 0 Å². The lowest BCUT2D eigenvalue weighted by atomic mass is 10.2. The number of hydrogen-bond donors (Lipinski definition) is 0. The van der Waals surface area contributed by atoms with Crippen LogP contribution in [0, 0.1) is 0 Å². The average molecular weight is 208 g/mol. The Morgan fingerprint density at radius 3 is 2.88 bits per heavy atom. The molecule has 0 spiro atoms. The first kappa shape index (κ1) is 7.93. The molecule has 0 aliphatic carbocycles. The van der Waals surface area contributed by atoms with Crippen LogP contribution in [0.25, 0.3) is 27.8 Å². The first-order valence-corrected chi connectivity index (χ1v) is 5.18. The van der Waals surface area contributed by atoms with E-state index in [4.69, 9.17) is 4.42 Å². The Morgan fingerprint density at radius 1 is 1.00 bits per heavy atom. The van der Waals surface area contributed by atoms with E-state index in [1.165, 1.54) is 0 Å². The van der Waals surface area contributed by atoms with Crippen LogP contribution in [0.1, 0.15) is 0 Å². The van der Waals surface area contributed by atoms with E-state index in [0.717, 1.165) is 27.8 Å². The van der Waals surface area contributed by atoms with Gasteiger partial charge in [0.25, 0.3) is 0 Å². The van der Waals surface area contributed by atoms with Gasteiger partial charge in [-0.05, 0) is 24.3 Å². The lowest BCUT2D eigenvalue weighted by Gasteiger charge is -1.90. The molecule has 0 atom stereocenters. The maximum atomic E-state index is 5.81. The molecular weight excluding hydrogens is 200 g/mol. The van der Waals surface area contributed by atoms with Crippen molar-refractivity contribution in [3.8, 4) is 0 Å². The summed E-state index contributed by atoms with van der Waals surface area (Å²) in [5.41, 5.74) is 3.55. The number of imidazole rings is 1. The Labute approximate surface area is 90.9 Å². The predicted octanol–water partition coefficient (Wildman–Crippen LogP) is 3.23. The highest BCUT2D eigenvalue weighted by Gasteiger charge is 2.12. The van der Waals surface area contributed by atoms with Crippen molar-refractivity contribution in [2.24, 2.45) is 0 Å². The highest BCUT2D eigenvalue weighted by atomic mass is 16.3. The summed E-state index contributed by atoms with van der Waals surface area (Å²) >= 11 is 0. The molecule has 4 aromatic rings. The molecule has 0 radical (unpaired) electrons. The second kappa shape index (κ2) is 2.64. The molecule has 0 unspecified atom stereocenters. The topological polar surface area (TPSA) is 30.4 Å². The van der Waals surface area contributed by atoms with Gasteiger partial charge >= 0.3 is 0 Å². The Balaban J connectivity index is 2.35. The van der Waals surface area contributed by atoms with Crippen molar-refractivity contribution in [2.45, 2.75) is 0 Å². The molecule has 3 heterocycles. The Hall–Kier alpha value is -2.29. The number of benzene rings is 1. The zero-order valence-electron chi connectivity index (χ0n) is 8.42. The van der Waals surface area contributed by atoms with Crippen LogP contribution in [-0.2, 0) is 0 Å². The summed E-state index contributed by atoms with van der Waals surface area (Å²) in [5.74, 6) is 0. The predicted molar refractivity (Wildman–Crippen MR) is 62.5 cm³/mol. The summed E-state index contributed by atoms with van der Waals surface area (Å²) in [6.45, 7) is 0. The largest absolute Gasteiger partial charge is 0.437 e. The van der Waals surface area contributed by atoms with Crippen molar-refractivity contribution in [3.05, 3.63) is 48.7 Å². The number of furan rings is 1. The van der Waals surface area contributed by atoms with Crippen molar-refractivity contribution in [1.82, 2.24) is 9.38 Å². The maximum absolute atomic E-state index is 5.81. The highest BCUT2D eigenvalue weighted by molar-refractivity contribution is 6.02. The molecule has 0 saturated carbocycles. The minimum absolute atomic E-state index is 0.816. The molecule has 0 aliphatic heterocycles. The molecule has 76 valence electrons. The van der Waals surface area contributed by atoms with Gasteiger partial charge in [0.1, 0.15) is 16.7 Å². The third-order valence-electron chi connectivity index (χ3n) is 2.83. The smallest absolute Gasteiger partial charge is 0.232 e. The lowest BCUT2D eigenvalue weighted by Crippen LogP contribution is -1.80. The van der Waals surface area contributed by atoms with Crippen molar-refractivity contribution < 1.29 is 4.42 Å². The van der Waals surface area contributed by atoms with Gasteiger partial charge < -0.3 is 4.42 Å². The first-order valence-electron chi connectivity index (χ1n) is 5.18. The van der Waals surface area contributed by atoms with Gasteiger partial charge in [0.15, 0.2) is 0 Å². The molecule has 0 fully saturated rings. The van der Waals surface area contributed by atoms with E-state index in [-0.39, 0.29) is 0 Å². The van der Waals surface area contributed by atoms with Crippen LogP contribution in [-0.4, -0.2) is 9.38 Å². The molecule has 3 aromatic heterocycles. The van der Waals surface area contributed by atoms with Crippen LogP contribution in [0.15, 0.2) is 53.1 Å². The number of nitrogens with zero attached hydrogens (tertiary/aromatic N) is 2. The molecule has 0 aliphatic rings. The third-order valence-corrected chi connectivity index (χ3v) is 2.83. The molecule has 16 heavy (non-hydrogen) atoms. The van der Waals surface area contributed by atoms with E-state index in [9.17, 15) is 0 Å². The molecule has 3 nitrogen and oxygen atoms in total. The summed E-state index contributed by atoms with van der Waals surface area (Å²) in [6.07, 6.45) is 1.97. The average Bonchev–Trinajstić information content (AvgIpc) is 2.85. The summed E-state index contributed by atoms with van der Waals surface area (Å²) < 4.78 is 7.77. The van der Waals surface area contributed by atoms with Crippen LogP contribution in [0.5, 0.6) is 0 Å². The standard InChI is InChI=1S/C13H8N2O/c1-2-6-10-9(5-1)12-13(16-10)15-8-4-3-7-11(15)14-12/h1-8H. The van der Waals surface area contributed by atoms with Crippen molar-refractivity contribution in [2.75, 3.05) is 0 Å². The van der Waals surface area contributed by atoms with E-state index in [0.29, 0.717) is 0 Å². The van der Waals surface area contributed by atoms with E-state index in [1.54, 1.807) is 0 Å². The SMILES string of the molecule is c1ccc2c(c1)oc1c2nc2ccccn21. The highest BCUT2D eigenvalue weighted by Crippen LogP contribution is 2.28. The summed E-state index contributed by atoms with van der Waals surface area (Å²) in [7, 11) is 0. The van der Waals surface area contributed by atoms with Gasteiger partial charge in [-0.15, -0.1) is 0 Å². The number of hydrogen-bond acceptors (Lipinski definition) is 2. The number of para-hydroxylation sites is 1. The number of fused-ring (bicyclic) bond motifs is 5. The van der Waals surface area contributed by atoms with Crippen LogP contribution in [0.2, 0.25) is 0 Å². The van der Waals surface area contributed by atoms with Crippen LogP contribution in [0.4, 0.5) is 0 Å². The second-order valence-corrected chi connectivity index (χ2v) is 3.79. The van der Waals surface area contributed by atoms with Gasteiger partial charge in [-0.3, -0.25) is 4.40 Å². The van der Waals surface area contributed by atoms with Gasteiger partial charge in [-0.1, -0.05) is 18.2 Å². The molecular formula is C13H8N2O. The molecule has 0 bridgehead atoms. The molecule has 3 heteroatoms. The fourth-order valence-electron chi connectivity index (χ4n) is 2.10. The van der Waals surface area contributed by atoms with E-state index < -0.39 is 0 Å². The van der Waals surface area contributed by atoms with Crippen molar-refractivity contribution >= 4 is 27.8 Å². The zero-order chi connectivity index (χ0) is 10.5. The fourth-order valence-corrected chi connectivity index (χ4v) is 2.10. The molecule has 4 rings (SSSR count). The fraction of sp³-hybridized carbons (Fsp3) is 0. The Kier molecular flexibility index (Phi) is 1.31. The van der Waals surface area contributed by atoms with Gasteiger partial charge in [0, 0.05) is 11.6 Å². The molecule has 0 N–H and O–H groups in total. The Morgan fingerprint density at radius 2 is 1.88 bits per heavy atom. The number of pyridine rings is 1. The Bertz CT molecular complexity index is 741. The zero-order valence-corrected chi connectivity index (χ0v) is 8.42. The maximum Gasteiger partial charge on any atom is 0.232 e. The van der Waals surface area contributed by atoms with E-state index in [2.05, 4.69) is 4.98 Å². The minimum atomic E-state index is 0.816. The summed E-state index contributed by atoms with van der Waals surface area (Å²) in [6, 6.07) is 13.9. The quantitative estimate of drug-likeness (QED) is 0.444.